The number of alkyl halides is 3. The molecule has 0 radical (unpaired) electrons. The third-order valence-corrected chi connectivity index (χ3v) is 2.91. The van der Waals surface area contributed by atoms with Crippen LogP contribution in [-0.4, -0.2) is 31.6 Å². The van der Waals surface area contributed by atoms with E-state index in [1.165, 1.54) is 18.2 Å². The average molecular weight is 289 g/mol. The molecule has 0 saturated carbocycles. The number of hydrogen-bond donors (Lipinski definition) is 0. The Balaban J connectivity index is 3.13. The zero-order valence-corrected chi connectivity index (χ0v) is 11.7. The Morgan fingerprint density at radius 1 is 1.30 bits per heavy atom. The Labute approximate surface area is 116 Å². The number of carbonyl (C=O) groups is 1. The van der Waals surface area contributed by atoms with Crippen LogP contribution in [0.2, 0.25) is 0 Å². The van der Waals surface area contributed by atoms with Gasteiger partial charge in [-0.25, -0.2) is 0 Å². The maximum Gasteiger partial charge on any atom is 0.416 e. The molecule has 1 aromatic rings. The second-order valence-corrected chi connectivity index (χ2v) is 4.57. The first-order valence-electron chi connectivity index (χ1n) is 6.25. The van der Waals surface area contributed by atoms with Crippen molar-refractivity contribution in [2.75, 3.05) is 20.7 Å². The molecule has 1 aromatic carbocycles. The van der Waals surface area contributed by atoms with Gasteiger partial charge in [0.2, 0.25) is 0 Å². The molecule has 0 spiro atoms. The highest BCUT2D eigenvalue weighted by Gasteiger charge is 2.36. The van der Waals surface area contributed by atoms with Crippen molar-refractivity contribution in [3.63, 3.8) is 0 Å². The maximum absolute atomic E-state index is 13.0. The largest absolute Gasteiger partial charge is 0.466 e. The molecule has 0 saturated heterocycles. The molecule has 0 aliphatic heterocycles. The monoisotopic (exact) mass is 289 g/mol. The number of halogens is 3. The van der Waals surface area contributed by atoms with Crippen molar-refractivity contribution >= 4 is 5.97 Å². The van der Waals surface area contributed by atoms with E-state index in [1.54, 1.807) is 25.9 Å². The summed E-state index contributed by atoms with van der Waals surface area (Å²) in [6.45, 7) is 1.87. The van der Waals surface area contributed by atoms with E-state index in [4.69, 9.17) is 4.74 Å². The van der Waals surface area contributed by atoms with Gasteiger partial charge in [-0.15, -0.1) is 0 Å². The van der Waals surface area contributed by atoms with Gasteiger partial charge in [-0.3, -0.25) is 4.79 Å². The fraction of sp³-hybridized carbons (Fsp3) is 0.500. The SMILES string of the molecule is CCOC(=O)CC(c1ccccc1C(F)(F)F)N(C)C. The van der Waals surface area contributed by atoms with E-state index in [0.29, 0.717) is 0 Å². The lowest BCUT2D eigenvalue weighted by Gasteiger charge is -2.26. The Morgan fingerprint density at radius 3 is 2.40 bits per heavy atom. The molecule has 1 atom stereocenters. The second kappa shape index (κ2) is 6.74. The number of benzene rings is 1. The minimum atomic E-state index is -4.44. The summed E-state index contributed by atoms with van der Waals surface area (Å²) in [6.07, 6.45) is -4.56. The van der Waals surface area contributed by atoms with Crippen molar-refractivity contribution < 1.29 is 22.7 Å². The molecule has 0 N–H and O–H groups in total. The number of hydrogen-bond acceptors (Lipinski definition) is 3. The van der Waals surface area contributed by atoms with Gasteiger partial charge in [-0.1, -0.05) is 18.2 Å². The fourth-order valence-electron chi connectivity index (χ4n) is 1.99. The van der Waals surface area contributed by atoms with Gasteiger partial charge in [-0.2, -0.15) is 13.2 Å². The molecule has 0 fully saturated rings. The first-order chi connectivity index (χ1) is 9.27. The Morgan fingerprint density at radius 2 is 1.90 bits per heavy atom. The predicted molar refractivity (Wildman–Crippen MR) is 69.1 cm³/mol. The van der Waals surface area contributed by atoms with Crippen LogP contribution in [0.3, 0.4) is 0 Å². The standard InChI is InChI=1S/C14H18F3NO2/c1-4-20-13(19)9-12(18(2)3)10-7-5-6-8-11(10)14(15,16)17/h5-8,12H,4,9H2,1-3H3. The number of ether oxygens (including phenoxy) is 1. The predicted octanol–water partition coefficient (Wildman–Crippen LogP) is 3.26. The van der Waals surface area contributed by atoms with Crippen LogP contribution >= 0.6 is 0 Å². The Hall–Kier alpha value is -1.56. The number of nitrogens with zero attached hydrogens (tertiary/aromatic N) is 1. The number of esters is 1. The summed E-state index contributed by atoms with van der Waals surface area (Å²) in [4.78, 5) is 13.1. The lowest BCUT2D eigenvalue weighted by molar-refractivity contribution is -0.145. The number of carbonyl (C=O) groups excluding carboxylic acids is 1. The molecule has 0 amide bonds. The summed E-state index contributed by atoms with van der Waals surface area (Å²) in [5.41, 5.74) is -0.638. The highest BCUT2D eigenvalue weighted by atomic mass is 19.4. The molecule has 0 aromatic heterocycles. The normalized spacial score (nSPS) is 13.3. The molecule has 6 heteroatoms. The first kappa shape index (κ1) is 16.5. The van der Waals surface area contributed by atoms with Gasteiger partial charge in [0.15, 0.2) is 0 Å². The Bertz CT molecular complexity index is 458. The van der Waals surface area contributed by atoms with Crippen molar-refractivity contribution in [3.05, 3.63) is 35.4 Å². The first-order valence-corrected chi connectivity index (χ1v) is 6.25. The summed E-state index contributed by atoms with van der Waals surface area (Å²) in [7, 11) is 3.27. The summed E-state index contributed by atoms with van der Waals surface area (Å²) in [5, 5.41) is 0. The summed E-state index contributed by atoms with van der Waals surface area (Å²) >= 11 is 0. The molecule has 0 aliphatic rings. The van der Waals surface area contributed by atoms with Gasteiger partial charge in [0.1, 0.15) is 0 Å². The zero-order valence-electron chi connectivity index (χ0n) is 11.7. The maximum atomic E-state index is 13.0. The van der Waals surface area contributed by atoms with Crippen LogP contribution in [0.5, 0.6) is 0 Å². The van der Waals surface area contributed by atoms with Crippen molar-refractivity contribution in [2.24, 2.45) is 0 Å². The van der Waals surface area contributed by atoms with Crippen LogP contribution in [0, 0.1) is 0 Å². The quantitative estimate of drug-likeness (QED) is 0.779. The third-order valence-electron chi connectivity index (χ3n) is 2.91. The van der Waals surface area contributed by atoms with Crippen LogP contribution in [0.15, 0.2) is 24.3 Å². The van der Waals surface area contributed by atoms with E-state index in [0.717, 1.165) is 6.07 Å². The smallest absolute Gasteiger partial charge is 0.416 e. The van der Waals surface area contributed by atoms with Crippen LogP contribution in [-0.2, 0) is 15.7 Å². The lowest BCUT2D eigenvalue weighted by atomic mass is 9.96. The molecule has 0 bridgehead atoms. The minimum absolute atomic E-state index is 0.0815. The molecule has 112 valence electrons. The van der Waals surface area contributed by atoms with Crippen molar-refractivity contribution in [1.82, 2.24) is 4.90 Å². The molecule has 3 nitrogen and oxygen atoms in total. The van der Waals surface area contributed by atoms with Crippen molar-refractivity contribution in [3.8, 4) is 0 Å². The fourth-order valence-corrected chi connectivity index (χ4v) is 1.99. The van der Waals surface area contributed by atoms with E-state index in [2.05, 4.69) is 0 Å². The van der Waals surface area contributed by atoms with Gasteiger partial charge < -0.3 is 9.64 Å². The van der Waals surface area contributed by atoms with E-state index in [9.17, 15) is 18.0 Å². The van der Waals surface area contributed by atoms with E-state index in [1.807, 2.05) is 0 Å². The van der Waals surface area contributed by atoms with Gasteiger partial charge in [0.25, 0.3) is 0 Å². The zero-order chi connectivity index (χ0) is 15.3. The van der Waals surface area contributed by atoms with Crippen LogP contribution in [0.1, 0.15) is 30.5 Å². The molecular weight excluding hydrogens is 271 g/mol. The lowest BCUT2D eigenvalue weighted by Crippen LogP contribution is -2.26. The van der Waals surface area contributed by atoms with Crippen LogP contribution in [0.25, 0.3) is 0 Å². The minimum Gasteiger partial charge on any atom is -0.466 e. The summed E-state index contributed by atoms with van der Waals surface area (Å²) < 4.78 is 43.9. The van der Waals surface area contributed by atoms with Gasteiger partial charge in [0.05, 0.1) is 18.6 Å². The molecule has 0 aliphatic carbocycles. The third kappa shape index (κ3) is 4.23. The van der Waals surface area contributed by atoms with Gasteiger partial charge >= 0.3 is 12.1 Å². The van der Waals surface area contributed by atoms with Crippen molar-refractivity contribution in [2.45, 2.75) is 25.6 Å². The highest BCUT2D eigenvalue weighted by Crippen LogP contribution is 2.36. The highest BCUT2D eigenvalue weighted by molar-refractivity contribution is 5.70. The Kier molecular flexibility index (Phi) is 5.56. The number of rotatable bonds is 5. The average Bonchev–Trinajstić information content (AvgIpc) is 2.35. The molecular formula is C14H18F3NO2. The molecule has 1 rings (SSSR count). The van der Waals surface area contributed by atoms with Gasteiger partial charge in [-0.05, 0) is 32.6 Å². The summed E-state index contributed by atoms with van der Waals surface area (Å²) in [6, 6.07) is 4.62. The van der Waals surface area contributed by atoms with E-state index < -0.39 is 23.8 Å². The molecule has 1 unspecified atom stereocenters. The van der Waals surface area contributed by atoms with Crippen LogP contribution in [0.4, 0.5) is 13.2 Å². The van der Waals surface area contributed by atoms with Crippen LogP contribution < -0.4 is 0 Å². The van der Waals surface area contributed by atoms with Crippen molar-refractivity contribution in [1.29, 1.82) is 0 Å². The summed E-state index contributed by atoms with van der Waals surface area (Å²) in [5.74, 6) is -0.511. The topological polar surface area (TPSA) is 29.5 Å². The molecule has 0 heterocycles. The van der Waals surface area contributed by atoms with E-state index >= 15 is 0 Å². The molecule has 20 heavy (non-hydrogen) atoms. The second-order valence-electron chi connectivity index (χ2n) is 4.57. The van der Waals surface area contributed by atoms with Gasteiger partial charge in [0, 0.05) is 6.04 Å². The van der Waals surface area contributed by atoms with E-state index in [-0.39, 0.29) is 18.6 Å².